The van der Waals surface area contributed by atoms with Crippen LogP contribution < -0.4 is 5.73 Å². The smallest absolute Gasteiger partial charge is 0.180 e. The molecule has 0 aliphatic heterocycles. The van der Waals surface area contributed by atoms with E-state index in [4.69, 9.17) is 5.73 Å². The average Bonchev–Trinajstić information content (AvgIpc) is 2.02. The highest BCUT2D eigenvalue weighted by Gasteiger charge is 2.13. The molecule has 0 fully saturated rings. The topological polar surface area (TPSA) is 85.9 Å². The van der Waals surface area contributed by atoms with Crippen molar-refractivity contribution in [1.29, 1.82) is 0 Å². The SMILES string of the molecule is CCCc1ncc(S(C)(=O)=O)c(N)n1. The Morgan fingerprint density at radius 1 is 1.50 bits per heavy atom. The lowest BCUT2D eigenvalue weighted by Crippen LogP contribution is -2.07. The highest BCUT2D eigenvalue weighted by molar-refractivity contribution is 7.90. The number of rotatable bonds is 3. The lowest BCUT2D eigenvalue weighted by atomic mass is 10.3. The summed E-state index contributed by atoms with van der Waals surface area (Å²) in [7, 11) is -3.32. The minimum Gasteiger partial charge on any atom is -0.383 e. The van der Waals surface area contributed by atoms with Gasteiger partial charge >= 0.3 is 0 Å². The summed E-state index contributed by atoms with van der Waals surface area (Å²) in [5.74, 6) is 0.614. The van der Waals surface area contributed by atoms with Gasteiger partial charge in [-0.1, -0.05) is 6.92 Å². The van der Waals surface area contributed by atoms with Crippen LogP contribution in [0.3, 0.4) is 0 Å². The lowest BCUT2D eigenvalue weighted by molar-refractivity contribution is 0.601. The van der Waals surface area contributed by atoms with Crippen molar-refractivity contribution in [1.82, 2.24) is 9.97 Å². The molecular formula is C8H13N3O2S. The molecule has 0 unspecified atom stereocenters. The fourth-order valence-corrected chi connectivity index (χ4v) is 1.72. The van der Waals surface area contributed by atoms with Crippen molar-refractivity contribution < 1.29 is 8.42 Å². The predicted molar refractivity (Wildman–Crippen MR) is 53.5 cm³/mol. The van der Waals surface area contributed by atoms with Gasteiger partial charge in [0.05, 0.1) is 6.20 Å². The third-order valence-electron chi connectivity index (χ3n) is 1.71. The van der Waals surface area contributed by atoms with Crippen molar-refractivity contribution in [3.05, 3.63) is 12.0 Å². The Kier molecular flexibility index (Phi) is 3.05. The van der Waals surface area contributed by atoms with E-state index in [0.29, 0.717) is 12.2 Å². The minimum atomic E-state index is -3.32. The van der Waals surface area contributed by atoms with E-state index in [0.717, 1.165) is 12.7 Å². The Bertz CT molecular complexity index is 428. The summed E-state index contributed by atoms with van der Waals surface area (Å²) in [6.45, 7) is 1.99. The molecule has 78 valence electrons. The third-order valence-corrected chi connectivity index (χ3v) is 2.82. The molecule has 0 atom stereocenters. The van der Waals surface area contributed by atoms with Crippen LogP contribution in [0.1, 0.15) is 19.2 Å². The molecule has 1 aromatic rings. The van der Waals surface area contributed by atoms with E-state index >= 15 is 0 Å². The number of hydrogen-bond acceptors (Lipinski definition) is 5. The maximum absolute atomic E-state index is 11.2. The van der Waals surface area contributed by atoms with Gasteiger partial charge in [0.1, 0.15) is 16.5 Å². The second-order valence-electron chi connectivity index (χ2n) is 3.06. The van der Waals surface area contributed by atoms with Gasteiger partial charge < -0.3 is 5.73 Å². The first kappa shape index (κ1) is 10.9. The fraction of sp³-hybridized carbons (Fsp3) is 0.500. The zero-order valence-electron chi connectivity index (χ0n) is 8.19. The summed E-state index contributed by atoms with van der Waals surface area (Å²) in [4.78, 5) is 7.84. The number of nitrogens with two attached hydrogens (primary N) is 1. The van der Waals surface area contributed by atoms with E-state index < -0.39 is 9.84 Å². The number of hydrogen-bond donors (Lipinski definition) is 1. The molecular weight excluding hydrogens is 202 g/mol. The summed E-state index contributed by atoms with van der Waals surface area (Å²) in [6, 6.07) is 0. The third kappa shape index (κ3) is 2.41. The molecule has 1 aromatic heterocycles. The molecule has 5 nitrogen and oxygen atoms in total. The molecule has 0 aliphatic rings. The zero-order chi connectivity index (χ0) is 10.8. The van der Waals surface area contributed by atoms with E-state index in [9.17, 15) is 8.42 Å². The maximum Gasteiger partial charge on any atom is 0.180 e. The quantitative estimate of drug-likeness (QED) is 0.789. The van der Waals surface area contributed by atoms with E-state index in [1.807, 2.05) is 6.92 Å². The Labute approximate surface area is 83.3 Å². The molecule has 0 radical (unpaired) electrons. The second-order valence-corrected chi connectivity index (χ2v) is 5.04. The number of anilines is 1. The molecule has 0 bridgehead atoms. The van der Waals surface area contributed by atoms with Crippen LogP contribution in [0.2, 0.25) is 0 Å². The predicted octanol–water partition coefficient (Wildman–Crippen LogP) is 0.415. The Balaban J connectivity index is 3.15. The van der Waals surface area contributed by atoms with Crippen LogP contribution in [0.25, 0.3) is 0 Å². The number of aromatic nitrogens is 2. The lowest BCUT2D eigenvalue weighted by Gasteiger charge is -2.03. The van der Waals surface area contributed by atoms with Crippen molar-refractivity contribution in [2.24, 2.45) is 0 Å². The van der Waals surface area contributed by atoms with E-state index in [1.165, 1.54) is 6.20 Å². The van der Waals surface area contributed by atoms with Crippen LogP contribution in [0.5, 0.6) is 0 Å². The van der Waals surface area contributed by atoms with Crippen molar-refractivity contribution in [3.63, 3.8) is 0 Å². The summed E-state index contributed by atoms with van der Waals surface area (Å²) in [5, 5.41) is 0. The van der Waals surface area contributed by atoms with Crippen LogP contribution in [0.15, 0.2) is 11.1 Å². The van der Waals surface area contributed by atoms with Crippen molar-refractivity contribution in [2.45, 2.75) is 24.7 Å². The Hall–Kier alpha value is -1.17. The minimum absolute atomic E-state index is 0.00245. The number of nitrogen functional groups attached to an aromatic ring is 1. The van der Waals surface area contributed by atoms with Crippen LogP contribution >= 0.6 is 0 Å². The zero-order valence-corrected chi connectivity index (χ0v) is 9.00. The van der Waals surface area contributed by atoms with Gasteiger partial charge in [0.2, 0.25) is 0 Å². The fourth-order valence-electron chi connectivity index (χ4n) is 1.05. The van der Waals surface area contributed by atoms with Gasteiger partial charge in [-0.25, -0.2) is 18.4 Å². The highest BCUT2D eigenvalue weighted by Crippen LogP contribution is 2.14. The Morgan fingerprint density at radius 3 is 2.57 bits per heavy atom. The van der Waals surface area contributed by atoms with Gasteiger partial charge in [-0.2, -0.15) is 0 Å². The maximum atomic E-state index is 11.2. The van der Waals surface area contributed by atoms with Crippen LogP contribution in [-0.4, -0.2) is 24.6 Å². The molecule has 0 saturated heterocycles. The van der Waals surface area contributed by atoms with Gasteiger partial charge in [-0.3, -0.25) is 0 Å². The first-order valence-electron chi connectivity index (χ1n) is 4.26. The second kappa shape index (κ2) is 3.91. The van der Waals surface area contributed by atoms with Gasteiger partial charge in [-0.05, 0) is 6.42 Å². The monoisotopic (exact) mass is 215 g/mol. The van der Waals surface area contributed by atoms with Gasteiger partial charge in [0.15, 0.2) is 9.84 Å². The van der Waals surface area contributed by atoms with Crippen molar-refractivity contribution in [2.75, 3.05) is 12.0 Å². The molecule has 0 amide bonds. The molecule has 0 aliphatic carbocycles. The number of aryl methyl sites for hydroxylation is 1. The molecule has 6 heteroatoms. The summed E-state index contributed by atoms with van der Waals surface area (Å²) < 4.78 is 22.3. The number of sulfone groups is 1. The molecule has 2 N–H and O–H groups in total. The van der Waals surface area contributed by atoms with Gasteiger partial charge in [-0.15, -0.1) is 0 Å². The summed E-state index contributed by atoms with van der Waals surface area (Å²) >= 11 is 0. The molecule has 1 rings (SSSR count). The van der Waals surface area contributed by atoms with E-state index in [-0.39, 0.29) is 10.7 Å². The van der Waals surface area contributed by atoms with Crippen LogP contribution in [-0.2, 0) is 16.3 Å². The Morgan fingerprint density at radius 2 is 2.14 bits per heavy atom. The van der Waals surface area contributed by atoms with Crippen LogP contribution in [0.4, 0.5) is 5.82 Å². The first-order valence-corrected chi connectivity index (χ1v) is 6.15. The van der Waals surface area contributed by atoms with Gasteiger partial charge in [0, 0.05) is 12.7 Å². The summed E-state index contributed by atoms with van der Waals surface area (Å²) in [6.07, 6.45) is 3.95. The molecule has 14 heavy (non-hydrogen) atoms. The van der Waals surface area contributed by atoms with Crippen LogP contribution in [0, 0.1) is 0 Å². The van der Waals surface area contributed by atoms with Crippen molar-refractivity contribution >= 4 is 15.7 Å². The molecule has 0 saturated carbocycles. The average molecular weight is 215 g/mol. The number of nitrogens with zero attached hydrogens (tertiary/aromatic N) is 2. The largest absolute Gasteiger partial charge is 0.383 e. The van der Waals surface area contributed by atoms with Crippen molar-refractivity contribution in [3.8, 4) is 0 Å². The molecule has 0 aromatic carbocycles. The van der Waals surface area contributed by atoms with E-state index in [2.05, 4.69) is 9.97 Å². The molecule has 0 spiro atoms. The highest BCUT2D eigenvalue weighted by atomic mass is 32.2. The van der Waals surface area contributed by atoms with E-state index in [1.54, 1.807) is 0 Å². The normalized spacial score (nSPS) is 11.6. The summed E-state index contributed by atoms with van der Waals surface area (Å²) in [5.41, 5.74) is 5.51. The van der Waals surface area contributed by atoms with Gasteiger partial charge in [0.25, 0.3) is 0 Å². The first-order chi connectivity index (χ1) is 6.45. The standard InChI is InChI=1S/C8H13N3O2S/c1-3-4-7-10-5-6(8(9)11-7)14(2,12)13/h5H,3-4H2,1-2H3,(H2,9,10,11). The molecule has 1 heterocycles.